The van der Waals surface area contributed by atoms with Crippen LogP contribution in [-0.2, 0) is 6.54 Å². The monoisotopic (exact) mass is 361 g/mol. The minimum absolute atomic E-state index is 0.215. The third kappa shape index (κ3) is 2.75. The lowest BCUT2D eigenvalue weighted by Gasteiger charge is -2.11. The quantitative estimate of drug-likeness (QED) is 0.727. The van der Waals surface area contributed by atoms with Gasteiger partial charge < -0.3 is 9.55 Å². The minimum atomic E-state index is -0.215. The number of rotatable bonds is 2. The fourth-order valence-corrected chi connectivity index (χ4v) is 3.50. The first-order chi connectivity index (χ1) is 13.3. The zero-order chi connectivity index (χ0) is 18.2. The van der Waals surface area contributed by atoms with Crippen LogP contribution in [0.25, 0.3) is 11.1 Å². The molecule has 7 nitrogen and oxygen atoms in total. The molecule has 0 spiro atoms. The second-order valence-electron chi connectivity index (χ2n) is 6.42. The van der Waals surface area contributed by atoms with Crippen LogP contribution in [0, 0.1) is 0 Å². The van der Waals surface area contributed by atoms with Crippen molar-refractivity contribution in [2.45, 2.75) is 19.4 Å². The van der Waals surface area contributed by atoms with Gasteiger partial charge in [-0.15, -0.1) is 0 Å². The van der Waals surface area contributed by atoms with Crippen LogP contribution in [0.15, 0.2) is 53.8 Å². The van der Waals surface area contributed by atoms with Gasteiger partial charge in [0, 0.05) is 24.4 Å². The van der Waals surface area contributed by atoms with Gasteiger partial charge in [0.05, 0.1) is 29.8 Å². The molecule has 0 amide bonds. The molecule has 1 aliphatic carbocycles. The van der Waals surface area contributed by atoms with E-state index in [1.165, 1.54) is 6.08 Å². The van der Waals surface area contributed by atoms with Crippen molar-refractivity contribution in [3.8, 4) is 0 Å². The molecular formula is C19H16FN7. The van der Waals surface area contributed by atoms with Gasteiger partial charge in [-0.1, -0.05) is 6.08 Å². The van der Waals surface area contributed by atoms with Crippen LogP contribution in [0.2, 0.25) is 0 Å². The molecule has 27 heavy (non-hydrogen) atoms. The largest absolute Gasteiger partial charge is 0.346 e. The van der Waals surface area contributed by atoms with Gasteiger partial charge in [-0.2, -0.15) is 15.4 Å². The van der Waals surface area contributed by atoms with E-state index in [1.807, 2.05) is 18.5 Å². The van der Waals surface area contributed by atoms with Gasteiger partial charge in [-0.3, -0.25) is 0 Å². The molecule has 0 bridgehead atoms. The Bertz CT molecular complexity index is 1210. The van der Waals surface area contributed by atoms with Gasteiger partial charge in [0.1, 0.15) is 17.3 Å². The summed E-state index contributed by atoms with van der Waals surface area (Å²) in [5.74, 6) is 0.624. The summed E-state index contributed by atoms with van der Waals surface area (Å²) in [5, 5.41) is 12.5. The molecular weight excluding hydrogens is 345 g/mol. The van der Waals surface area contributed by atoms with E-state index in [-0.39, 0.29) is 5.83 Å². The van der Waals surface area contributed by atoms with Crippen molar-refractivity contribution in [2.24, 2.45) is 4.99 Å². The summed E-state index contributed by atoms with van der Waals surface area (Å²) in [6, 6.07) is 2.03. The SMILES string of the molecule is FC1=CCC(=c2ncn(Cc3cn[nH]n3)c2=C2CC=Nc3[nH]ccc32)C=C1. The standard InChI is InChI=1S/C19H16FN7/c20-13-3-1-12(2-4-13)17-18(15-5-7-21-19-16(15)6-8-22-19)27(11-23-17)10-14-9-24-26-25-14/h1,3-4,6-9,11,22H,2,5,10H2,(H,24,25,26). The normalized spacial score (nSPS) is 20.0. The van der Waals surface area contributed by atoms with Crippen molar-refractivity contribution in [1.82, 2.24) is 29.9 Å². The van der Waals surface area contributed by atoms with Crippen molar-refractivity contribution < 1.29 is 4.39 Å². The number of allylic oxidation sites excluding steroid dienone is 4. The maximum Gasteiger partial charge on any atom is 0.137 e. The highest BCUT2D eigenvalue weighted by Gasteiger charge is 2.17. The molecule has 8 heteroatoms. The van der Waals surface area contributed by atoms with Crippen molar-refractivity contribution in [1.29, 1.82) is 0 Å². The molecule has 2 N–H and O–H groups in total. The molecule has 5 rings (SSSR count). The summed E-state index contributed by atoms with van der Waals surface area (Å²) >= 11 is 0. The van der Waals surface area contributed by atoms with Gasteiger partial charge in [0.15, 0.2) is 0 Å². The average Bonchev–Trinajstić information content (AvgIpc) is 3.43. The topological polar surface area (TPSA) is 87.5 Å². The van der Waals surface area contributed by atoms with E-state index in [2.05, 4.69) is 34.9 Å². The molecule has 0 unspecified atom stereocenters. The van der Waals surface area contributed by atoms with Crippen LogP contribution in [0.5, 0.6) is 0 Å². The molecule has 0 saturated carbocycles. The fourth-order valence-electron chi connectivity index (χ4n) is 3.50. The highest BCUT2D eigenvalue weighted by Crippen LogP contribution is 2.28. The van der Waals surface area contributed by atoms with E-state index >= 15 is 0 Å². The first kappa shape index (κ1) is 15.7. The Hall–Kier alpha value is -3.55. The molecule has 134 valence electrons. The molecule has 0 aromatic carbocycles. The third-order valence-electron chi connectivity index (χ3n) is 4.75. The number of hydrogen-bond acceptors (Lipinski definition) is 4. The molecule has 2 aliphatic rings. The van der Waals surface area contributed by atoms with Crippen molar-refractivity contribution in [2.75, 3.05) is 0 Å². The Labute approximate surface area is 153 Å². The first-order valence-electron chi connectivity index (χ1n) is 8.66. The van der Waals surface area contributed by atoms with E-state index in [4.69, 9.17) is 0 Å². The zero-order valence-corrected chi connectivity index (χ0v) is 14.4. The summed E-state index contributed by atoms with van der Waals surface area (Å²) in [6.07, 6.45) is 13.4. The lowest BCUT2D eigenvalue weighted by atomic mass is 10.0. The Morgan fingerprint density at radius 1 is 1.22 bits per heavy atom. The molecule has 1 aliphatic heterocycles. The number of nitrogens with zero attached hydrogens (tertiary/aromatic N) is 5. The highest BCUT2D eigenvalue weighted by atomic mass is 19.1. The number of fused-ring (bicyclic) bond motifs is 1. The molecule has 0 fully saturated rings. The van der Waals surface area contributed by atoms with Gasteiger partial charge in [0.25, 0.3) is 0 Å². The van der Waals surface area contributed by atoms with E-state index in [0.29, 0.717) is 19.4 Å². The predicted molar refractivity (Wildman–Crippen MR) is 99.4 cm³/mol. The van der Waals surface area contributed by atoms with Gasteiger partial charge >= 0.3 is 0 Å². The molecule has 3 aromatic heterocycles. The summed E-state index contributed by atoms with van der Waals surface area (Å²) in [6.45, 7) is 0.542. The second-order valence-corrected chi connectivity index (χ2v) is 6.42. The molecule has 3 aromatic rings. The highest BCUT2D eigenvalue weighted by molar-refractivity contribution is 5.88. The van der Waals surface area contributed by atoms with Crippen LogP contribution in [0.4, 0.5) is 10.2 Å². The summed E-state index contributed by atoms with van der Waals surface area (Å²) in [7, 11) is 0. The minimum Gasteiger partial charge on any atom is -0.346 e. The maximum atomic E-state index is 13.4. The van der Waals surface area contributed by atoms with Gasteiger partial charge in [-0.25, -0.2) is 14.4 Å². The molecule has 0 radical (unpaired) electrons. The number of halogens is 1. The first-order valence-corrected chi connectivity index (χ1v) is 8.66. The van der Waals surface area contributed by atoms with E-state index in [9.17, 15) is 4.39 Å². The fraction of sp³-hybridized carbons (Fsp3) is 0.158. The van der Waals surface area contributed by atoms with Crippen LogP contribution in [0.1, 0.15) is 24.1 Å². The van der Waals surface area contributed by atoms with Crippen molar-refractivity contribution in [3.63, 3.8) is 0 Å². The van der Waals surface area contributed by atoms with E-state index < -0.39 is 0 Å². The summed E-state index contributed by atoms with van der Waals surface area (Å²) in [4.78, 5) is 12.3. The number of aliphatic imine (C=N–C) groups is 1. The van der Waals surface area contributed by atoms with Crippen LogP contribution >= 0.6 is 0 Å². The molecule has 4 heterocycles. The number of H-pyrrole nitrogens is 2. The number of aromatic nitrogens is 6. The molecule has 0 saturated heterocycles. The van der Waals surface area contributed by atoms with Crippen molar-refractivity contribution in [3.05, 3.63) is 70.8 Å². The number of hydrogen-bond donors (Lipinski definition) is 2. The summed E-state index contributed by atoms with van der Waals surface area (Å²) < 4.78 is 15.5. The Morgan fingerprint density at radius 3 is 3.00 bits per heavy atom. The Morgan fingerprint density at radius 2 is 2.19 bits per heavy atom. The Balaban J connectivity index is 1.79. The average molecular weight is 361 g/mol. The van der Waals surface area contributed by atoms with Gasteiger partial charge in [0.2, 0.25) is 0 Å². The Kier molecular flexibility index (Phi) is 3.67. The maximum absolute atomic E-state index is 13.4. The zero-order valence-electron chi connectivity index (χ0n) is 14.4. The number of imidazole rings is 1. The smallest absolute Gasteiger partial charge is 0.137 e. The van der Waals surface area contributed by atoms with E-state index in [0.717, 1.165) is 38.9 Å². The van der Waals surface area contributed by atoms with E-state index in [1.54, 1.807) is 24.7 Å². The van der Waals surface area contributed by atoms with Gasteiger partial charge in [-0.05, 0) is 35.8 Å². The number of nitrogens with one attached hydrogen (secondary N) is 2. The lowest BCUT2D eigenvalue weighted by molar-refractivity contribution is 0.661. The van der Waals surface area contributed by atoms with Crippen LogP contribution < -0.4 is 10.7 Å². The van der Waals surface area contributed by atoms with Crippen molar-refractivity contribution >= 4 is 23.2 Å². The summed E-state index contributed by atoms with van der Waals surface area (Å²) in [5.41, 5.74) is 3.99. The second kappa shape index (κ2) is 6.31. The third-order valence-corrected chi connectivity index (χ3v) is 4.75. The molecule has 0 atom stereocenters. The predicted octanol–water partition coefficient (Wildman–Crippen LogP) is 1.65. The number of aromatic amines is 2. The van der Waals surface area contributed by atoms with Crippen LogP contribution in [0.3, 0.4) is 0 Å². The van der Waals surface area contributed by atoms with Crippen LogP contribution in [-0.4, -0.2) is 36.2 Å². The lowest BCUT2D eigenvalue weighted by Crippen LogP contribution is -2.35.